The Morgan fingerprint density at radius 3 is 2.19 bits per heavy atom. The molecule has 0 spiro atoms. The monoisotopic (exact) mass is 464 g/mol. The van der Waals surface area contributed by atoms with Gasteiger partial charge < -0.3 is 18.9 Å². The highest BCUT2D eigenvalue weighted by Gasteiger charge is 2.28. The molecule has 3 rings (SSSR count). The molecule has 9 heteroatoms. The van der Waals surface area contributed by atoms with Crippen molar-refractivity contribution >= 4 is 10.0 Å². The first-order valence-electron chi connectivity index (χ1n) is 10.7. The van der Waals surface area contributed by atoms with Crippen LogP contribution in [-0.2, 0) is 21.3 Å². The average Bonchev–Trinajstić information content (AvgIpc) is 2.82. The van der Waals surface area contributed by atoms with E-state index in [9.17, 15) is 8.42 Å². The van der Waals surface area contributed by atoms with E-state index < -0.39 is 10.0 Å². The molecular weight excluding hydrogens is 432 g/mol. The fraction of sp³-hybridized carbons (Fsp3) is 0.478. The Morgan fingerprint density at radius 2 is 1.56 bits per heavy atom. The molecule has 32 heavy (non-hydrogen) atoms. The highest BCUT2D eigenvalue weighted by molar-refractivity contribution is 7.89. The SMILES string of the molecule is CCOCCOc1ccc(S(=O)(=O)N2CCN(Cc3cc(OC)ccc3OC)CC2)cc1. The second-order valence-electron chi connectivity index (χ2n) is 7.37. The summed E-state index contributed by atoms with van der Waals surface area (Å²) in [5.41, 5.74) is 1.02. The number of sulfonamides is 1. The van der Waals surface area contributed by atoms with E-state index in [1.165, 1.54) is 4.31 Å². The van der Waals surface area contributed by atoms with Crippen LogP contribution in [0.4, 0.5) is 0 Å². The van der Waals surface area contributed by atoms with Gasteiger partial charge in [-0.1, -0.05) is 0 Å². The maximum atomic E-state index is 13.1. The lowest BCUT2D eigenvalue weighted by Crippen LogP contribution is -2.48. The first-order valence-corrected chi connectivity index (χ1v) is 12.2. The van der Waals surface area contributed by atoms with E-state index in [4.69, 9.17) is 18.9 Å². The van der Waals surface area contributed by atoms with E-state index in [2.05, 4.69) is 4.90 Å². The Balaban J connectivity index is 1.57. The summed E-state index contributed by atoms with van der Waals surface area (Å²) in [4.78, 5) is 2.50. The zero-order chi connectivity index (χ0) is 23.0. The van der Waals surface area contributed by atoms with Crippen LogP contribution < -0.4 is 14.2 Å². The lowest BCUT2D eigenvalue weighted by molar-refractivity contribution is 0.110. The fourth-order valence-electron chi connectivity index (χ4n) is 3.59. The molecule has 0 atom stereocenters. The molecule has 0 radical (unpaired) electrons. The van der Waals surface area contributed by atoms with Crippen LogP contribution in [0, 0.1) is 0 Å². The second-order valence-corrected chi connectivity index (χ2v) is 9.31. The van der Waals surface area contributed by atoms with Crippen molar-refractivity contribution in [2.45, 2.75) is 18.4 Å². The molecule has 1 aliphatic heterocycles. The van der Waals surface area contributed by atoms with Crippen molar-refractivity contribution in [1.82, 2.24) is 9.21 Å². The third-order valence-corrected chi connectivity index (χ3v) is 7.29. The van der Waals surface area contributed by atoms with Crippen LogP contribution in [0.5, 0.6) is 17.2 Å². The van der Waals surface area contributed by atoms with Gasteiger partial charge >= 0.3 is 0 Å². The molecule has 2 aromatic rings. The summed E-state index contributed by atoms with van der Waals surface area (Å²) < 4.78 is 49.2. The van der Waals surface area contributed by atoms with Crippen molar-refractivity contribution in [3.8, 4) is 17.2 Å². The van der Waals surface area contributed by atoms with Crippen LogP contribution in [0.3, 0.4) is 0 Å². The van der Waals surface area contributed by atoms with Gasteiger partial charge in [0.05, 0.1) is 25.7 Å². The Morgan fingerprint density at radius 1 is 0.875 bits per heavy atom. The van der Waals surface area contributed by atoms with Crippen molar-refractivity contribution in [2.24, 2.45) is 0 Å². The predicted molar refractivity (Wildman–Crippen MR) is 122 cm³/mol. The molecule has 0 unspecified atom stereocenters. The Labute approximate surface area is 190 Å². The Kier molecular flexibility index (Phi) is 8.75. The standard InChI is InChI=1S/C23H32N2O6S/c1-4-30-15-16-31-20-5-8-22(9-6-20)32(26,27)25-13-11-24(12-14-25)18-19-17-21(28-2)7-10-23(19)29-3/h5-10,17H,4,11-16,18H2,1-3H3. The molecular formula is C23H32N2O6S. The maximum absolute atomic E-state index is 13.1. The topological polar surface area (TPSA) is 77.5 Å². The van der Waals surface area contributed by atoms with Crippen molar-refractivity contribution in [3.05, 3.63) is 48.0 Å². The van der Waals surface area contributed by atoms with Crippen LogP contribution in [0.1, 0.15) is 12.5 Å². The van der Waals surface area contributed by atoms with Gasteiger partial charge in [0.1, 0.15) is 23.9 Å². The van der Waals surface area contributed by atoms with Crippen LogP contribution in [0.25, 0.3) is 0 Å². The van der Waals surface area contributed by atoms with Gasteiger partial charge in [0, 0.05) is 44.9 Å². The minimum absolute atomic E-state index is 0.276. The number of benzene rings is 2. The molecule has 1 saturated heterocycles. The van der Waals surface area contributed by atoms with E-state index in [1.54, 1.807) is 38.5 Å². The molecule has 1 heterocycles. The maximum Gasteiger partial charge on any atom is 0.243 e. The molecule has 0 amide bonds. The number of piperazine rings is 1. The van der Waals surface area contributed by atoms with Crippen molar-refractivity contribution in [3.63, 3.8) is 0 Å². The highest BCUT2D eigenvalue weighted by Crippen LogP contribution is 2.26. The minimum Gasteiger partial charge on any atom is -0.497 e. The second kappa shape index (κ2) is 11.5. The summed E-state index contributed by atoms with van der Waals surface area (Å²) in [5, 5.41) is 0. The van der Waals surface area contributed by atoms with E-state index in [1.807, 2.05) is 25.1 Å². The first-order chi connectivity index (χ1) is 15.5. The zero-order valence-corrected chi connectivity index (χ0v) is 19.8. The number of ether oxygens (including phenoxy) is 4. The molecule has 1 aliphatic rings. The molecule has 0 bridgehead atoms. The molecule has 0 aliphatic carbocycles. The predicted octanol–water partition coefficient (Wildman–Crippen LogP) is 2.63. The Bertz CT molecular complexity index is 957. The molecule has 1 fully saturated rings. The van der Waals surface area contributed by atoms with Crippen molar-refractivity contribution in [2.75, 3.05) is 60.2 Å². The molecule has 2 aromatic carbocycles. The smallest absolute Gasteiger partial charge is 0.243 e. The summed E-state index contributed by atoms with van der Waals surface area (Å²) in [6.45, 7) is 6.30. The van der Waals surface area contributed by atoms with E-state index in [-0.39, 0.29) is 4.90 Å². The molecule has 0 saturated carbocycles. The summed E-state index contributed by atoms with van der Waals surface area (Å²) in [6.07, 6.45) is 0. The normalized spacial score (nSPS) is 15.5. The first kappa shape index (κ1) is 24.3. The lowest BCUT2D eigenvalue weighted by Gasteiger charge is -2.34. The average molecular weight is 465 g/mol. The molecule has 0 N–H and O–H groups in total. The van der Waals surface area contributed by atoms with Gasteiger partial charge in [-0.05, 0) is 49.4 Å². The number of nitrogens with zero attached hydrogens (tertiary/aromatic N) is 2. The van der Waals surface area contributed by atoms with E-state index in [0.717, 1.165) is 17.1 Å². The summed E-state index contributed by atoms with van der Waals surface area (Å²) in [6, 6.07) is 12.3. The van der Waals surface area contributed by atoms with Crippen LogP contribution in [-0.4, -0.2) is 77.8 Å². The highest BCUT2D eigenvalue weighted by atomic mass is 32.2. The van der Waals surface area contributed by atoms with Gasteiger partial charge in [0.25, 0.3) is 0 Å². The molecule has 176 valence electrons. The largest absolute Gasteiger partial charge is 0.497 e. The van der Waals surface area contributed by atoms with Crippen LogP contribution in [0.2, 0.25) is 0 Å². The van der Waals surface area contributed by atoms with Gasteiger partial charge in [-0.3, -0.25) is 4.90 Å². The van der Waals surface area contributed by atoms with E-state index >= 15 is 0 Å². The van der Waals surface area contributed by atoms with Gasteiger partial charge in [0.2, 0.25) is 10.0 Å². The lowest BCUT2D eigenvalue weighted by atomic mass is 10.1. The molecule has 0 aromatic heterocycles. The number of rotatable bonds is 11. The number of hydrogen-bond donors (Lipinski definition) is 0. The van der Waals surface area contributed by atoms with E-state index in [0.29, 0.717) is 58.3 Å². The fourth-order valence-corrected chi connectivity index (χ4v) is 5.02. The Hall–Kier alpha value is -2.33. The third kappa shape index (κ3) is 6.13. The van der Waals surface area contributed by atoms with Gasteiger partial charge in [-0.2, -0.15) is 4.31 Å². The third-order valence-electron chi connectivity index (χ3n) is 5.37. The van der Waals surface area contributed by atoms with Crippen molar-refractivity contribution < 1.29 is 27.4 Å². The zero-order valence-electron chi connectivity index (χ0n) is 19.0. The van der Waals surface area contributed by atoms with Gasteiger partial charge in [0.15, 0.2) is 0 Å². The quantitative estimate of drug-likeness (QED) is 0.473. The summed E-state index contributed by atoms with van der Waals surface area (Å²) >= 11 is 0. The number of hydrogen-bond acceptors (Lipinski definition) is 7. The molecule has 8 nitrogen and oxygen atoms in total. The summed E-state index contributed by atoms with van der Waals surface area (Å²) in [7, 11) is -0.268. The number of methoxy groups -OCH3 is 2. The van der Waals surface area contributed by atoms with Gasteiger partial charge in [-0.15, -0.1) is 0 Å². The van der Waals surface area contributed by atoms with Crippen molar-refractivity contribution in [1.29, 1.82) is 0 Å². The van der Waals surface area contributed by atoms with Gasteiger partial charge in [-0.25, -0.2) is 8.42 Å². The van der Waals surface area contributed by atoms with Crippen LogP contribution in [0.15, 0.2) is 47.4 Å². The minimum atomic E-state index is -3.55. The summed E-state index contributed by atoms with van der Waals surface area (Å²) in [5.74, 6) is 2.19. The van der Waals surface area contributed by atoms with Crippen LogP contribution >= 0.6 is 0 Å².